The lowest BCUT2D eigenvalue weighted by molar-refractivity contribution is -0.118. The van der Waals surface area contributed by atoms with E-state index < -0.39 is 0 Å². The van der Waals surface area contributed by atoms with Crippen molar-refractivity contribution in [2.45, 2.75) is 50.1 Å². The highest BCUT2D eigenvalue weighted by atomic mass is 32.2. The van der Waals surface area contributed by atoms with Gasteiger partial charge in [0.15, 0.2) is 12.4 Å². The Labute approximate surface area is 173 Å². The van der Waals surface area contributed by atoms with Gasteiger partial charge in [-0.1, -0.05) is 32.5 Å². The summed E-state index contributed by atoms with van der Waals surface area (Å²) in [5.74, 6) is 0.911. The Morgan fingerprint density at radius 2 is 2.14 bits per heavy atom. The highest BCUT2D eigenvalue weighted by molar-refractivity contribution is 7.99. The summed E-state index contributed by atoms with van der Waals surface area (Å²) < 4.78 is 5.34. The van der Waals surface area contributed by atoms with Crippen LogP contribution in [0.4, 0.5) is 5.69 Å². The highest BCUT2D eigenvalue weighted by Gasteiger charge is 2.61. The van der Waals surface area contributed by atoms with E-state index in [0.717, 1.165) is 24.2 Å². The van der Waals surface area contributed by atoms with Gasteiger partial charge in [-0.15, -0.1) is 5.10 Å². The molecular weight excluding hydrogens is 388 g/mol. The van der Waals surface area contributed by atoms with Crippen molar-refractivity contribution in [3.05, 3.63) is 35.2 Å². The molecular formula is C21H22N4O3S. The summed E-state index contributed by atoms with van der Waals surface area (Å²) in [5.41, 5.74) is 3.27. The fourth-order valence-corrected chi connectivity index (χ4v) is 5.58. The number of Topliss-reactive ketones (excluding diaryl/α,β-unsaturated/α-hetero) is 1. The molecule has 0 spiro atoms. The number of rotatable bonds is 4. The topological polar surface area (TPSA) is 94.1 Å². The van der Waals surface area contributed by atoms with Crippen LogP contribution in [0.5, 0.6) is 5.75 Å². The third-order valence-corrected chi connectivity index (χ3v) is 7.88. The molecule has 1 aliphatic heterocycles. The van der Waals surface area contributed by atoms with E-state index in [-0.39, 0.29) is 34.9 Å². The number of nitrogens with zero attached hydrogens (tertiary/aromatic N) is 3. The number of benzene rings is 1. The number of nitrogens with one attached hydrogen (secondary N) is 1. The van der Waals surface area contributed by atoms with Gasteiger partial charge in [0.05, 0.1) is 22.8 Å². The van der Waals surface area contributed by atoms with Crippen LogP contribution in [0.1, 0.15) is 61.3 Å². The number of thioether (sulfide) groups is 1. The van der Waals surface area contributed by atoms with E-state index in [1.54, 1.807) is 18.2 Å². The maximum atomic E-state index is 12.7. The summed E-state index contributed by atoms with van der Waals surface area (Å²) in [4.78, 5) is 29.0. The van der Waals surface area contributed by atoms with Crippen LogP contribution in [0.3, 0.4) is 0 Å². The molecule has 0 saturated heterocycles. The normalized spacial score (nSPS) is 25.8. The molecule has 5 rings (SSSR count). The molecule has 0 radical (unpaired) electrons. The zero-order chi connectivity index (χ0) is 20.4. The van der Waals surface area contributed by atoms with E-state index in [2.05, 4.69) is 36.3 Å². The number of carbonyl (C=O) groups excluding carboxylic acids is 2. The average molecular weight is 410 g/mol. The van der Waals surface area contributed by atoms with Crippen LogP contribution in [0.15, 0.2) is 23.4 Å². The van der Waals surface area contributed by atoms with E-state index >= 15 is 0 Å². The summed E-state index contributed by atoms with van der Waals surface area (Å²) in [5, 5.41) is 12.0. The Bertz CT molecular complexity index is 1050. The fraction of sp³-hybridized carbons (Fsp3) is 0.476. The van der Waals surface area contributed by atoms with Crippen LogP contribution in [-0.4, -0.2) is 39.2 Å². The monoisotopic (exact) mass is 410 g/mol. The third kappa shape index (κ3) is 2.68. The second kappa shape index (κ2) is 6.26. The Morgan fingerprint density at radius 1 is 1.31 bits per heavy atom. The molecule has 7 nitrogen and oxygen atoms in total. The number of carbonyl (C=O) groups is 2. The number of aromatic nitrogens is 3. The SMILES string of the molecule is CC12CCC(c3nnc(SCC(=O)c4ccc5c(c4)NC(=O)CO5)nc31)C2(C)C. The quantitative estimate of drug-likeness (QED) is 0.610. The molecule has 2 heterocycles. The Kier molecular flexibility index (Phi) is 4.00. The minimum Gasteiger partial charge on any atom is -0.482 e. The largest absolute Gasteiger partial charge is 0.482 e. The van der Waals surface area contributed by atoms with E-state index in [4.69, 9.17) is 9.72 Å². The Balaban J connectivity index is 1.33. The first-order valence-electron chi connectivity index (χ1n) is 9.77. The van der Waals surface area contributed by atoms with Crippen molar-refractivity contribution in [2.24, 2.45) is 5.41 Å². The molecule has 1 N–H and O–H groups in total. The van der Waals surface area contributed by atoms with Crippen LogP contribution in [-0.2, 0) is 10.2 Å². The van der Waals surface area contributed by atoms with E-state index in [1.165, 1.54) is 11.8 Å². The standard InChI is InChI=1S/C21H22N4O3S/c1-20(2)12-6-7-21(20,3)18-17(12)24-25-19(23-18)29-10-14(26)11-4-5-15-13(8-11)22-16(27)9-28-15/h4-5,8,12H,6-7,9-10H2,1-3H3,(H,22,27). The van der Waals surface area contributed by atoms with E-state index in [1.807, 2.05) is 0 Å². The smallest absolute Gasteiger partial charge is 0.262 e. The Hall–Kier alpha value is -2.48. The molecule has 2 atom stereocenters. The zero-order valence-electron chi connectivity index (χ0n) is 16.6. The van der Waals surface area contributed by atoms with Crippen molar-refractivity contribution in [2.75, 3.05) is 17.7 Å². The summed E-state index contributed by atoms with van der Waals surface area (Å²) >= 11 is 1.30. The van der Waals surface area contributed by atoms with Gasteiger partial charge < -0.3 is 10.1 Å². The number of ketones is 1. The first-order chi connectivity index (χ1) is 13.8. The van der Waals surface area contributed by atoms with Gasteiger partial charge in [-0.2, -0.15) is 5.10 Å². The van der Waals surface area contributed by atoms with Crippen molar-refractivity contribution >= 4 is 29.1 Å². The number of amides is 1. The van der Waals surface area contributed by atoms with Gasteiger partial charge in [0.25, 0.3) is 5.91 Å². The third-order valence-electron chi connectivity index (χ3n) is 7.04. The molecule has 2 unspecified atom stereocenters. The lowest BCUT2D eigenvalue weighted by Crippen LogP contribution is -2.32. The van der Waals surface area contributed by atoms with Crippen molar-refractivity contribution < 1.29 is 14.3 Å². The van der Waals surface area contributed by atoms with Gasteiger partial charge in [0.1, 0.15) is 5.75 Å². The molecule has 1 aromatic carbocycles. The van der Waals surface area contributed by atoms with Crippen LogP contribution in [0.2, 0.25) is 0 Å². The van der Waals surface area contributed by atoms with Gasteiger partial charge in [0.2, 0.25) is 5.16 Å². The first kappa shape index (κ1) is 18.5. The molecule has 2 aliphatic carbocycles. The summed E-state index contributed by atoms with van der Waals surface area (Å²) in [6.45, 7) is 6.86. The molecule has 1 fully saturated rings. The van der Waals surface area contributed by atoms with Gasteiger partial charge in [-0.3, -0.25) is 9.59 Å². The summed E-state index contributed by atoms with van der Waals surface area (Å²) in [7, 11) is 0. The van der Waals surface area contributed by atoms with Gasteiger partial charge in [-0.05, 0) is 36.5 Å². The van der Waals surface area contributed by atoms with E-state index in [9.17, 15) is 9.59 Å². The highest BCUT2D eigenvalue weighted by Crippen LogP contribution is 2.66. The minimum absolute atomic E-state index is 0.00457. The lowest BCUT2D eigenvalue weighted by Gasteiger charge is -2.33. The number of fused-ring (bicyclic) bond motifs is 6. The number of hydrogen-bond acceptors (Lipinski definition) is 7. The molecule has 8 heteroatoms. The zero-order valence-corrected chi connectivity index (χ0v) is 17.4. The number of ether oxygens (including phenoxy) is 1. The fourth-order valence-electron chi connectivity index (χ4n) is 4.89. The molecule has 2 bridgehead atoms. The number of hydrogen-bond donors (Lipinski definition) is 1. The van der Waals surface area contributed by atoms with E-state index in [0.29, 0.717) is 28.1 Å². The molecule has 1 amide bonds. The molecule has 1 saturated carbocycles. The van der Waals surface area contributed by atoms with Crippen molar-refractivity contribution in [3.8, 4) is 5.75 Å². The van der Waals surface area contributed by atoms with Crippen LogP contribution >= 0.6 is 11.8 Å². The molecule has 2 aromatic rings. The minimum atomic E-state index is -0.222. The first-order valence-corrected chi connectivity index (χ1v) is 10.8. The van der Waals surface area contributed by atoms with Crippen molar-refractivity contribution in [1.29, 1.82) is 0 Å². The van der Waals surface area contributed by atoms with Crippen molar-refractivity contribution in [1.82, 2.24) is 15.2 Å². The van der Waals surface area contributed by atoms with Crippen LogP contribution in [0, 0.1) is 5.41 Å². The Morgan fingerprint density at radius 3 is 2.97 bits per heavy atom. The predicted octanol–water partition coefficient (Wildman–Crippen LogP) is 3.35. The molecule has 3 aliphatic rings. The average Bonchev–Trinajstić information content (AvgIpc) is 3.04. The maximum absolute atomic E-state index is 12.7. The summed E-state index contributed by atoms with van der Waals surface area (Å²) in [6.07, 6.45) is 2.25. The second-order valence-electron chi connectivity index (χ2n) is 8.73. The number of anilines is 1. The summed E-state index contributed by atoms with van der Waals surface area (Å²) in [6, 6.07) is 5.07. The second-order valence-corrected chi connectivity index (χ2v) is 9.68. The lowest BCUT2D eigenvalue weighted by atomic mass is 9.70. The van der Waals surface area contributed by atoms with Gasteiger partial charge in [-0.25, -0.2) is 4.98 Å². The van der Waals surface area contributed by atoms with Crippen LogP contribution in [0.25, 0.3) is 0 Å². The van der Waals surface area contributed by atoms with Gasteiger partial charge >= 0.3 is 0 Å². The van der Waals surface area contributed by atoms with Gasteiger partial charge in [0, 0.05) is 16.9 Å². The predicted molar refractivity (Wildman–Crippen MR) is 109 cm³/mol. The maximum Gasteiger partial charge on any atom is 0.262 e. The molecule has 150 valence electrons. The van der Waals surface area contributed by atoms with Crippen molar-refractivity contribution in [3.63, 3.8) is 0 Å². The molecule has 29 heavy (non-hydrogen) atoms. The molecule has 1 aromatic heterocycles. The van der Waals surface area contributed by atoms with Crippen LogP contribution < -0.4 is 10.1 Å².